The minimum atomic E-state index is -1.19. The van der Waals surface area contributed by atoms with Crippen LogP contribution in [0.2, 0.25) is 0 Å². The van der Waals surface area contributed by atoms with Crippen LogP contribution in [-0.2, 0) is 16.0 Å². The standard InChI is InChI=1S/C15H20BrNO4/c1-9(2)6-13(18)14(19)17-12(15(20)21)8-10-4-3-5-11(16)7-10/h3-5,7,9,12-13,18H,6,8H2,1-2H3,(H,17,19)(H,20,21)/t12-,13-/m0/s1. The Labute approximate surface area is 132 Å². The number of aliphatic carboxylic acids is 1. The molecule has 1 aromatic carbocycles. The number of amides is 1. The van der Waals surface area contributed by atoms with Gasteiger partial charge in [-0.15, -0.1) is 0 Å². The number of carboxylic acids is 1. The van der Waals surface area contributed by atoms with Crippen LogP contribution >= 0.6 is 15.9 Å². The van der Waals surface area contributed by atoms with Crippen molar-refractivity contribution in [1.29, 1.82) is 0 Å². The Morgan fingerprint density at radius 2 is 2.00 bits per heavy atom. The fourth-order valence-corrected chi connectivity index (χ4v) is 2.37. The molecular formula is C15H20BrNO4. The van der Waals surface area contributed by atoms with Crippen molar-refractivity contribution in [3.63, 3.8) is 0 Å². The predicted molar refractivity (Wildman–Crippen MR) is 82.9 cm³/mol. The highest BCUT2D eigenvalue weighted by atomic mass is 79.9. The van der Waals surface area contributed by atoms with Gasteiger partial charge in [0.1, 0.15) is 12.1 Å². The molecule has 1 amide bonds. The van der Waals surface area contributed by atoms with Crippen molar-refractivity contribution in [3.8, 4) is 0 Å². The van der Waals surface area contributed by atoms with E-state index in [1.165, 1.54) is 0 Å². The van der Waals surface area contributed by atoms with E-state index in [-0.39, 0.29) is 12.3 Å². The van der Waals surface area contributed by atoms with Gasteiger partial charge in [0.15, 0.2) is 0 Å². The summed E-state index contributed by atoms with van der Waals surface area (Å²) in [6.07, 6.45) is -0.724. The fourth-order valence-electron chi connectivity index (χ4n) is 1.92. The second-order valence-electron chi connectivity index (χ2n) is 5.38. The van der Waals surface area contributed by atoms with Gasteiger partial charge in [-0.05, 0) is 30.0 Å². The molecule has 0 saturated carbocycles. The van der Waals surface area contributed by atoms with Gasteiger partial charge in [0.2, 0.25) is 5.91 Å². The van der Waals surface area contributed by atoms with Gasteiger partial charge in [0, 0.05) is 10.9 Å². The molecule has 2 atom stereocenters. The van der Waals surface area contributed by atoms with Crippen LogP contribution in [0.3, 0.4) is 0 Å². The lowest BCUT2D eigenvalue weighted by atomic mass is 10.0. The number of carbonyl (C=O) groups excluding carboxylic acids is 1. The maximum absolute atomic E-state index is 11.8. The van der Waals surface area contributed by atoms with Crippen molar-refractivity contribution in [3.05, 3.63) is 34.3 Å². The monoisotopic (exact) mass is 357 g/mol. The molecule has 0 aliphatic heterocycles. The van der Waals surface area contributed by atoms with E-state index in [9.17, 15) is 19.8 Å². The molecule has 1 aromatic rings. The molecule has 0 spiro atoms. The van der Waals surface area contributed by atoms with Gasteiger partial charge in [-0.25, -0.2) is 4.79 Å². The number of hydrogen-bond donors (Lipinski definition) is 3. The van der Waals surface area contributed by atoms with E-state index in [4.69, 9.17) is 0 Å². The van der Waals surface area contributed by atoms with E-state index < -0.39 is 24.0 Å². The van der Waals surface area contributed by atoms with Gasteiger partial charge in [-0.1, -0.05) is 41.9 Å². The van der Waals surface area contributed by atoms with E-state index in [0.29, 0.717) is 6.42 Å². The van der Waals surface area contributed by atoms with Crippen LogP contribution in [0.5, 0.6) is 0 Å². The lowest BCUT2D eigenvalue weighted by Gasteiger charge is -2.18. The van der Waals surface area contributed by atoms with E-state index in [1.54, 1.807) is 18.2 Å². The molecule has 5 nitrogen and oxygen atoms in total. The Balaban J connectivity index is 2.70. The summed E-state index contributed by atoms with van der Waals surface area (Å²) in [5, 5.41) is 21.3. The summed E-state index contributed by atoms with van der Waals surface area (Å²) in [7, 11) is 0. The number of nitrogens with one attached hydrogen (secondary N) is 1. The summed E-state index contributed by atoms with van der Waals surface area (Å²) in [4.78, 5) is 23.1. The molecule has 6 heteroatoms. The molecule has 3 N–H and O–H groups in total. The van der Waals surface area contributed by atoms with Gasteiger partial charge < -0.3 is 15.5 Å². The van der Waals surface area contributed by atoms with E-state index in [1.807, 2.05) is 19.9 Å². The minimum absolute atomic E-state index is 0.152. The summed E-state index contributed by atoms with van der Waals surface area (Å²) in [6, 6.07) is 6.16. The quantitative estimate of drug-likeness (QED) is 0.696. The second-order valence-corrected chi connectivity index (χ2v) is 6.29. The Morgan fingerprint density at radius 1 is 1.33 bits per heavy atom. The van der Waals surface area contributed by atoms with Gasteiger partial charge in [-0.2, -0.15) is 0 Å². The van der Waals surface area contributed by atoms with Crippen molar-refractivity contribution >= 4 is 27.8 Å². The molecule has 0 aliphatic rings. The first-order chi connectivity index (χ1) is 9.79. The van der Waals surface area contributed by atoms with Gasteiger partial charge in [0.25, 0.3) is 0 Å². The first-order valence-corrected chi connectivity index (χ1v) is 7.54. The lowest BCUT2D eigenvalue weighted by Crippen LogP contribution is -2.46. The number of benzene rings is 1. The largest absolute Gasteiger partial charge is 0.480 e. The smallest absolute Gasteiger partial charge is 0.326 e. The number of aliphatic hydroxyl groups is 1. The third kappa shape index (κ3) is 6.27. The number of rotatable bonds is 7. The lowest BCUT2D eigenvalue weighted by molar-refractivity contribution is -0.143. The predicted octanol–water partition coefficient (Wildman–Crippen LogP) is 1.97. The molecule has 0 heterocycles. The van der Waals surface area contributed by atoms with E-state index >= 15 is 0 Å². The highest BCUT2D eigenvalue weighted by Crippen LogP contribution is 2.13. The van der Waals surface area contributed by atoms with Crippen molar-refractivity contribution in [1.82, 2.24) is 5.32 Å². The molecule has 0 bridgehead atoms. The SMILES string of the molecule is CC(C)C[C@H](O)C(=O)N[C@@H](Cc1cccc(Br)c1)C(=O)O. The topological polar surface area (TPSA) is 86.6 Å². The first-order valence-electron chi connectivity index (χ1n) is 6.75. The number of hydrogen-bond acceptors (Lipinski definition) is 3. The molecule has 0 saturated heterocycles. The molecule has 0 fully saturated rings. The molecule has 0 aromatic heterocycles. The van der Waals surface area contributed by atoms with Crippen LogP contribution in [-0.4, -0.2) is 34.2 Å². The fraction of sp³-hybridized carbons (Fsp3) is 0.467. The van der Waals surface area contributed by atoms with Gasteiger partial charge in [0.05, 0.1) is 0 Å². The van der Waals surface area contributed by atoms with Crippen molar-refractivity contribution in [2.45, 2.75) is 38.8 Å². The highest BCUT2D eigenvalue weighted by molar-refractivity contribution is 9.10. The highest BCUT2D eigenvalue weighted by Gasteiger charge is 2.24. The maximum atomic E-state index is 11.8. The number of carbonyl (C=O) groups is 2. The summed E-state index contributed by atoms with van der Waals surface area (Å²) in [5.41, 5.74) is 0.787. The molecule has 21 heavy (non-hydrogen) atoms. The maximum Gasteiger partial charge on any atom is 0.326 e. The molecule has 0 unspecified atom stereocenters. The molecule has 116 valence electrons. The van der Waals surface area contributed by atoms with Crippen molar-refractivity contribution in [2.75, 3.05) is 0 Å². The minimum Gasteiger partial charge on any atom is -0.480 e. The Kier molecular flexibility index (Phi) is 6.84. The van der Waals surface area contributed by atoms with E-state index in [2.05, 4.69) is 21.2 Å². The van der Waals surface area contributed by atoms with Crippen LogP contribution in [0, 0.1) is 5.92 Å². The molecule has 0 radical (unpaired) electrons. The van der Waals surface area contributed by atoms with Crippen LogP contribution in [0.25, 0.3) is 0 Å². The zero-order chi connectivity index (χ0) is 16.0. The normalized spacial score (nSPS) is 13.8. The molecular weight excluding hydrogens is 338 g/mol. The summed E-state index contributed by atoms with van der Waals surface area (Å²) in [6.45, 7) is 3.76. The zero-order valence-electron chi connectivity index (χ0n) is 12.0. The second kappa shape index (κ2) is 8.14. The molecule has 0 aliphatic carbocycles. The Bertz CT molecular complexity index is 504. The Hall–Kier alpha value is -1.40. The third-order valence-electron chi connectivity index (χ3n) is 2.94. The first kappa shape index (κ1) is 17.7. The van der Waals surface area contributed by atoms with Crippen molar-refractivity contribution < 1.29 is 19.8 Å². The molecule has 1 rings (SSSR count). The average Bonchev–Trinajstić information content (AvgIpc) is 2.36. The van der Waals surface area contributed by atoms with Crippen LogP contribution in [0.15, 0.2) is 28.7 Å². The number of aliphatic hydroxyl groups excluding tert-OH is 1. The average molecular weight is 358 g/mol. The summed E-state index contributed by atoms with van der Waals surface area (Å²) < 4.78 is 0.843. The van der Waals surface area contributed by atoms with Gasteiger partial charge in [-0.3, -0.25) is 4.79 Å². The summed E-state index contributed by atoms with van der Waals surface area (Å²) in [5.74, 6) is -1.62. The van der Waals surface area contributed by atoms with E-state index in [0.717, 1.165) is 10.0 Å². The van der Waals surface area contributed by atoms with Gasteiger partial charge >= 0.3 is 5.97 Å². The van der Waals surface area contributed by atoms with Crippen LogP contribution in [0.4, 0.5) is 0 Å². The zero-order valence-corrected chi connectivity index (χ0v) is 13.6. The van der Waals surface area contributed by atoms with Crippen molar-refractivity contribution in [2.24, 2.45) is 5.92 Å². The Morgan fingerprint density at radius 3 is 2.52 bits per heavy atom. The summed E-state index contributed by atoms with van der Waals surface area (Å²) >= 11 is 3.32. The number of halogens is 1. The third-order valence-corrected chi connectivity index (χ3v) is 3.43. The van der Waals surface area contributed by atoms with Crippen LogP contribution < -0.4 is 5.32 Å². The number of carboxylic acid groups (broad SMARTS) is 1. The van der Waals surface area contributed by atoms with Crippen LogP contribution in [0.1, 0.15) is 25.8 Å².